The monoisotopic (exact) mass is 392 g/mol. The number of pyridine rings is 1. The van der Waals surface area contributed by atoms with Gasteiger partial charge >= 0.3 is 6.18 Å². The van der Waals surface area contributed by atoms with Crippen molar-refractivity contribution >= 4 is 5.91 Å². The van der Waals surface area contributed by atoms with E-state index in [1.807, 2.05) is 4.90 Å². The van der Waals surface area contributed by atoms with Gasteiger partial charge in [-0.3, -0.25) is 4.79 Å². The molecule has 1 aliphatic heterocycles. The summed E-state index contributed by atoms with van der Waals surface area (Å²) < 4.78 is 43.9. The lowest BCUT2D eigenvalue weighted by atomic mass is 9.99. The van der Waals surface area contributed by atoms with Gasteiger partial charge in [0.1, 0.15) is 18.1 Å². The molecule has 3 rings (SSSR count). The fourth-order valence-corrected chi connectivity index (χ4v) is 3.44. The molecule has 2 heterocycles. The summed E-state index contributed by atoms with van der Waals surface area (Å²) in [4.78, 5) is 19.1. The van der Waals surface area contributed by atoms with Crippen LogP contribution in [0.1, 0.15) is 54.4 Å². The predicted molar refractivity (Wildman–Crippen MR) is 99.0 cm³/mol. The molecule has 1 atom stereocenters. The van der Waals surface area contributed by atoms with E-state index >= 15 is 0 Å². The molecule has 28 heavy (non-hydrogen) atoms. The number of alkyl halides is 3. The first-order valence-corrected chi connectivity index (χ1v) is 9.45. The maximum atomic E-state index is 12.8. The molecule has 1 saturated heterocycles. The number of rotatable bonds is 5. The molecule has 4 nitrogen and oxygen atoms in total. The third kappa shape index (κ3) is 4.82. The number of benzene rings is 1. The summed E-state index contributed by atoms with van der Waals surface area (Å²) in [5, 5.41) is 0. The molecular weight excluding hydrogens is 369 g/mol. The van der Waals surface area contributed by atoms with Gasteiger partial charge in [0.05, 0.1) is 11.3 Å². The Labute approximate surface area is 162 Å². The maximum absolute atomic E-state index is 12.8. The molecule has 1 aromatic heterocycles. The number of hydrogen-bond acceptors (Lipinski definition) is 3. The van der Waals surface area contributed by atoms with Gasteiger partial charge in [-0.15, -0.1) is 0 Å². The van der Waals surface area contributed by atoms with Crippen LogP contribution in [0.5, 0.6) is 5.75 Å². The average Bonchev–Trinajstić information content (AvgIpc) is 2.71. The van der Waals surface area contributed by atoms with Gasteiger partial charge in [-0.05, 0) is 56.0 Å². The number of halogens is 3. The highest BCUT2D eigenvalue weighted by Crippen LogP contribution is 2.31. The smallest absolute Gasteiger partial charge is 0.416 e. The second-order valence-electron chi connectivity index (χ2n) is 6.88. The Balaban J connectivity index is 1.69. The number of piperidine rings is 1. The summed E-state index contributed by atoms with van der Waals surface area (Å²) in [6.07, 6.45) is -0.403. The number of carbonyl (C=O) groups excluding carboxylic acids is 1. The predicted octanol–water partition coefficient (Wildman–Crippen LogP) is 5.08. The van der Waals surface area contributed by atoms with Crippen molar-refractivity contribution < 1.29 is 22.7 Å². The molecule has 150 valence electrons. The Morgan fingerprint density at radius 3 is 2.75 bits per heavy atom. The number of amides is 1. The first-order valence-electron chi connectivity index (χ1n) is 9.45. The summed E-state index contributed by atoms with van der Waals surface area (Å²) in [6, 6.07) is 10.0. The van der Waals surface area contributed by atoms with Crippen molar-refractivity contribution in [1.29, 1.82) is 0 Å². The number of aromatic nitrogens is 1. The number of likely N-dealkylation sites (tertiary alicyclic amines) is 1. The number of hydrogen-bond donors (Lipinski definition) is 0. The Morgan fingerprint density at radius 2 is 2.00 bits per heavy atom. The normalized spacial score (nSPS) is 17.4. The molecule has 7 heteroatoms. The minimum absolute atomic E-state index is 0.0142. The van der Waals surface area contributed by atoms with Gasteiger partial charge in [0, 0.05) is 12.6 Å². The summed E-state index contributed by atoms with van der Waals surface area (Å²) in [7, 11) is 0. The van der Waals surface area contributed by atoms with E-state index < -0.39 is 11.7 Å². The fraction of sp³-hybridized carbons (Fsp3) is 0.429. The Morgan fingerprint density at radius 1 is 1.21 bits per heavy atom. The van der Waals surface area contributed by atoms with Crippen molar-refractivity contribution in [2.24, 2.45) is 0 Å². The zero-order chi connectivity index (χ0) is 20.1. The van der Waals surface area contributed by atoms with Crippen LogP contribution < -0.4 is 4.74 Å². The van der Waals surface area contributed by atoms with Crippen molar-refractivity contribution in [2.45, 2.75) is 51.4 Å². The second-order valence-corrected chi connectivity index (χ2v) is 6.88. The molecule has 1 aromatic carbocycles. The van der Waals surface area contributed by atoms with Crippen LogP contribution in [0.4, 0.5) is 13.2 Å². The SMILES string of the molecule is CCC1CCCCN1C(=O)c1cccc(COc2cccc(C(F)(F)F)c2)n1. The average molecular weight is 392 g/mol. The molecule has 0 bridgehead atoms. The highest BCUT2D eigenvalue weighted by atomic mass is 19.4. The molecule has 0 saturated carbocycles. The van der Waals surface area contributed by atoms with Crippen molar-refractivity contribution in [2.75, 3.05) is 6.54 Å². The third-order valence-corrected chi connectivity index (χ3v) is 4.93. The third-order valence-electron chi connectivity index (χ3n) is 4.93. The van der Waals surface area contributed by atoms with E-state index in [0.29, 0.717) is 11.4 Å². The highest BCUT2D eigenvalue weighted by molar-refractivity contribution is 5.92. The molecule has 1 unspecified atom stereocenters. The topological polar surface area (TPSA) is 42.4 Å². The molecule has 0 aliphatic carbocycles. The van der Waals surface area contributed by atoms with E-state index in [2.05, 4.69) is 11.9 Å². The second kappa shape index (κ2) is 8.63. The van der Waals surface area contributed by atoms with E-state index in [4.69, 9.17) is 4.74 Å². The Hall–Kier alpha value is -2.57. The standard InChI is InChI=1S/C21H23F3N2O2/c1-2-17-9-3-4-12-26(17)20(27)19-11-6-8-16(25-19)14-28-18-10-5-7-15(13-18)21(22,23)24/h5-8,10-11,13,17H,2-4,9,12,14H2,1H3. The van der Waals surface area contributed by atoms with Gasteiger partial charge in [-0.1, -0.05) is 19.1 Å². The van der Waals surface area contributed by atoms with Crippen LogP contribution in [0.25, 0.3) is 0 Å². The van der Waals surface area contributed by atoms with Crippen LogP contribution in [-0.4, -0.2) is 28.4 Å². The number of ether oxygens (including phenoxy) is 1. The lowest BCUT2D eigenvalue weighted by Gasteiger charge is -2.35. The minimum Gasteiger partial charge on any atom is -0.487 e. The molecule has 1 fully saturated rings. The van der Waals surface area contributed by atoms with Crippen molar-refractivity contribution in [3.05, 3.63) is 59.4 Å². The largest absolute Gasteiger partial charge is 0.487 e. The summed E-state index contributed by atoms with van der Waals surface area (Å²) in [5.74, 6) is 0.00269. The lowest BCUT2D eigenvalue weighted by molar-refractivity contribution is -0.137. The van der Waals surface area contributed by atoms with Crippen LogP contribution in [0.3, 0.4) is 0 Å². The van der Waals surface area contributed by atoms with E-state index in [1.165, 1.54) is 12.1 Å². The van der Waals surface area contributed by atoms with Gasteiger partial charge < -0.3 is 9.64 Å². The van der Waals surface area contributed by atoms with Gasteiger partial charge in [0.15, 0.2) is 0 Å². The molecule has 0 spiro atoms. The molecule has 0 radical (unpaired) electrons. The first kappa shape index (κ1) is 20.2. The van der Waals surface area contributed by atoms with E-state index in [-0.39, 0.29) is 24.3 Å². The molecule has 2 aromatic rings. The van der Waals surface area contributed by atoms with Crippen molar-refractivity contribution in [3.63, 3.8) is 0 Å². The lowest BCUT2D eigenvalue weighted by Crippen LogP contribution is -2.43. The van der Waals surface area contributed by atoms with Crippen LogP contribution in [0, 0.1) is 0 Å². The quantitative estimate of drug-likeness (QED) is 0.712. The summed E-state index contributed by atoms with van der Waals surface area (Å²) >= 11 is 0. The van der Waals surface area contributed by atoms with Gasteiger partial charge in [-0.25, -0.2) is 4.98 Å². The van der Waals surface area contributed by atoms with Crippen LogP contribution in [0.2, 0.25) is 0 Å². The maximum Gasteiger partial charge on any atom is 0.416 e. The summed E-state index contributed by atoms with van der Waals surface area (Å²) in [5.41, 5.74) is 0.0661. The number of carbonyl (C=O) groups is 1. The van der Waals surface area contributed by atoms with Crippen LogP contribution >= 0.6 is 0 Å². The van der Waals surface area contributed by atoms with Gasteiger partial charge in [0.25, 0.3) is 5.91 Å². The Kier molecular flexibility index (Phi) is 6.21. The highest BCUT2D eigenvalue weighted by Gasteiger charge is 2.30. The van der Waals surface area contributed by atoms with Crippen LogP contribution in [0.15, 0.2) is 42.5 Å². The van der Waals surface area contributed by atoms with Crippen molar-refractivity contribution in [1.82, 2.24) is 9.88 Å². The summed E-state index contributed by atoms with van der Waals surface area (Å²) in [6.45, 7) is 2.78. The van der Waals surface area contributed by atoms with Crippen LogP contribution in [-0.2, 0) is 12.8 Å². The van der Waals surface area contributed by atoms with Gasteiger partial charge in [0.2, 0.25) is 0 Å². The Bertz CT molecular complexity index is 823. The van der Waals surface area contributed by atoms with E-state index in [9.17, 15) is 18.0 Å². The fourth-order valence-electron chi connectivity index (χ4n) is 3.44. The van der Waals surface area contributed by atoms with E-state index in [1.54, 1.807) is 18.2 Å². The zero-order valence-corrected chi connectivity index (χ0v) is 15.7. The van der Waals surface area contributed by atoms with Crippen molar-refractivity contribution in [3.8, 4) is 5.75 Å². The zero-order valence-electron chi connectivity index (χ0n) is 15.7. The van der Waals surface area contributed by atoms with E-state index in [0.717, 1.165) is 44.4 Å². The molecular formula is C21H23F3N2O2. The first-order chi connectivity index (χ1) is 13.4. The molecule has 1 aliphatic rings. The number of nitrogens with zero attached hydrogens (tertiary/aromatic N) is 2. The molecule has 0 N–H and O–H groups in total. The molecule has 1 amide bonds. The minimum atomic E-state index is -4.42. The van der Waals surface area contributed by atoms with Gasteiger partial charge in [-0.2, -0.15) is 13.2 Å².